The van der Waals surface area contributed by atoms with E-state index in [1.165, 1.54) is 42.5 Å². The molecule has 0 saturated carbocycles. The number of sulfonamides is 2. The maximum Gasteiger partial charge on any atom is 0.297 e. The van der Waals surface area contributed by atoms with Crippen LogP contribution in [0.1, 0.15) is 16.7 Å². The average molecular weight is 681 g/mol. The van der Waals surface area contributed by atoms with Gasteiger partial charge >= 0.3 is 0 Å². The van der Waals surface area contributed by atoms with E-state index in [9.17, 15) is 25.3 Å². The van der Waals surface area contributed by atoms with Crippen LogP contribution in [0, 0.1) is 20.8 Å². The quantitative estimate of drug-likeness (QED) is 0.113. The molecule has 0 heterocycles. The molecule has 1 N–H and O–H groups in total. The summed E-state index contributed by atoms with van der Waals surface area (Å²) >= 11 is 0. The summed E-state index contributed by atoms with van der Waals surface area (Å²) in [5, 5.41) is 3.00. The molecule has 0 aliphatic heterocycles. The highest BCUT2D eigenvalue weighted by Gasteiger charge is 2.38. The van der Waals surface area contributed by atoms with E-state index in [0.29, 0.717) is 3.71 Å². The van der Waals surface area contributed by atoms with Crippen molar-refractivity contribution in [3.63, 3.8) is 0 Å². The van der Waals surface area contributed by atoms with Gasteiger partial charge in [0.05, 0.1) is 53.8 Å². The van der Waals surface area contributed by atoms with Crippen LogP contribution in [0.2, 0.25) is 0 Å². The highest BCUT2D eigenvalue weighted by molar-refractivity contribution is 8.04. The van der Waals surface area contributed by atoms with Gasteiger partial charge in [-0.1, -0.05) is 62.9 Å². The molecule has 0 radical (unpaired) electrons. The van der Waals surface area contributed by atoms with Gasteiger partial charge in [-0.15, -0.1) is 6.58 Å². The minimum absolute atomic E-state index is 0.0375. The zero-order chi connectivity index (χ0) is 33.1. The standard InChI is InChI=1S/C31H40N2O9S3/c1-5-20-40-24-28(41-21-18-32-19-22-42-45(38,39)31-16-10-27(4)11-17-31)23-33(43(34,35)29-12-6-25(2)7-13-29)44(36,37)30-14-8-26(3)9-15-30/h5-17,28,32H,1,18-24H2,2-4H3. The van der Waals surface area contributed by atoms with Crippen LogP contribution in [-0.4, -0.2) is 81.1 Å². The second-order valence-electron chi connectivity index (χ2n) is 10.2. The topological polar surface area (TPSA) is 145 Å². The fraction of sp³-hybridized carbons (Fsp3) is 0.355. The fourth-order valence-corrected chi connectivity index (χ4v) is 8.62. The third kappa shape index (κ3) is 10.5. The van der Waals surface area contributed by atoms with E-state index in [-0.39, 0.29) is 54.2 Å². The van der Waals surface area contributed by atoms with E-state index in [0.717, 1.165) is 16.7 Å². The average Bonchev–Trinajstić information content (AvgIpc) is 2.99. The highest BCUT2D eigenvalue weighted by Crippen LogP contribution is 2.26. The lowest BCUT2D eigenvalue weighted by Crippen LogP contribution is -2.44. The van der Waals surface area contributed by atoms with E-state index in [1.807, 2.05) is 6.92 Å². The van der Waals surface area contributed by atoms with Gasteiger partial charge in [-0.05, 0) is 57.2 Å². The molecule has 0 amide bonds. The van der Waals surface area contributed by atoms with Crippen molar-refractivity contribution in [3.05, 3.63) is 102 Å². The van der Waals surface area contributed by atoms with Crippen molar-refractivity contribution in [1.82, 2.24) is 9.03 Å². The molecule has 246 valence electrons. The van der Waals surface area contributed by atoms with Crippen LogP contribution in [0.25, 0.3) is 0 Å². The Hall–Kier alpha value is -2.95. The third-order valence-corrected chi connectivity index (χ3v) is 12.1. The van der Waals surface area contributed by atoms with Crippen LogP contribution in [0.15, 0.2) is 100 Å². The van der Waals surface area contributed by atoms with Crippen molar-refractivity contribution in [3.8, 4) is 0 Å². The minimum Gasteiger partial charge on any atom is -0.375 e. The first-order valence-corrected chi connectivity index (χ1v) is 18.4. The van der Waals surface area contributed by atoms with Crippen molar-refractivity contribution in [2.75, 3.05) is 46.1 Å². The molecule has 0 fully saturated rings. The Balaban J connectivity index is 1.71. The number of aryl methyl sites for hydroxylation is 3. The van der Waals surface area contributed by atoms with E-state index >= 15 is 0 Å². The van der Waals surface area contributed by atoms with Crippen LogP contribution >= 0.6 is 0 Å². The molecule has 3 rings (SSSR count). The zero-order valence-electron chi connectivity index (χ0n) is 25.6. The van der Waals surface area contributed by atoms with Gasteiger partial charge in [0.2, 0.25) is 0 Å². The normalized spacial score (nSPS) is 13.2. The van der Waals surface area contributed by atoms with Gasteiger partial charge < -0.3 is 14.8 Å². The second kappa shape index (κ2) is 16.6. The Morgan fingerprint density at radius 1 is 0.711 bits per heavy atom. The van der Waals surface area contributed by atoms with Gasteiger partial charge in [0.1, 0.15) is 0 Å². The van der Waals surface area contributed by atoms with Gasteiger partial charge in [-0.25, -0.2) is 16.8 Å². The van der Waals surface area contributed by atoms with E-state index in [1.54, 1.807) is 50.2 Å². The van der Waals surface area contributed by atoms with E-state index < -0.39 is 42.8 Å². The first-order chi connectivity index (χ1) is 21.3. The van der Waals surface area contributed by atoms with E-state index in [4.69, 9.17) is 13.7 Å². The first kappa shape index (κ1) is 36.5. The van der Waals surface area contributed by atoms with Crippen LogP contribution in [-0.2, 0) is 43.8 Å². The summed E-state index contributed by atoms with van der Waals surface area (Å²) in [4.78, 5) is -0.307. The van der Waals surface area contributed by atoms with E-state index in [2.05, 4.69) is 11.9 Å². The molecule has 1 unspecified atom stereocenters. The summed E-state index contributed by atoms with van der Waals surface area (Å²) in [6.45, 7) is 8.84. The van der Waals surface area contributed by atoms with Gasteiger partial charge in [0.15, 0.2) is 0 Å². The lowest BCUT2D eigenvalue weighted by molar-refractivity contribution is -0.0109. The molecular formula is C31H40N2O9S3. The Morgan fingerprint density at radius 3 is 1.62 bits per heavy atom. The van der Waals surface area contributed by atoms with Gasteiger partial charge in [-0.2, -0.15) is 8.42 Å². The van der Waals surface area contributed by atoms with Gasteiger partial charge in [0, 0.05) is 13.1 Å². The van der Waals surface area contributed by atoms with Crippen molar-refractivity contribution in [2.45, 2.75) is 41.6 Å². The smallest absolute Gasteiger partial charge is 0.297 e. The zero-order valence-corrected chi connectivity index (χ0v) is 28.0. The fourth-order valence-electron chi connectivity index (χ4n) is 4.00. The Bertz CT molecular complexity index is 1630. The molecule has 0 spiro atoms. The summed E-state index contributed by atoms with van der Waals surface area (Å²) in [6, 6.07) is 18.1. The van der Waals surface area contributed by atoms with Crippen molar-refractivity contribution in [1.29, 1.82) is 0 Å². The van der Waals surface area contributed by atoms with Gasteiger partial charge in [-0.3, -0.25) is 4.18 Å². The molecule has 1 atom stereocenters. The molecular weight excluding hydrogens is 641 g/mol. The molecule has 0 aliphatic carbocycles. The summed E-state index contributed by atoms with van der Waals surface area (Å²) < 4.78 is 96.9. The monoisotopic (exact) mass is 680 g/mol. The molecule has 14 heteroatoms. The largest absolute Gasteiger partial charge is 0.375 e. The number of ether oxygens (including phenoxy) is 2. The lowest BCUT2D eigenvalue weighted by Gasteiger charge is -2.27. The van der Waals surface area contributed by atoms with Crippen LogP contribution in [0.3, 0.4) is 0 Å². The minimum atomic E-state index is -4.54. The first-order valence-electron chi connectivity index (χ1n) is 14.2. The maximum absolute atomic E-state index is 13.8. The summed E-state index contributed by atoms with van der Waals surface area (Å²) in [6.07, 6.45) is 0.526. The number of rotatable bonds is 19. The molecule has 45 heavy (non-hydrogen) atoms. The Morgan fingerprint density at radius 2 is 1.16 bits per heavy atom. The second-order valence-corrected chi connectivity index (χ2v) is 15.8. The van der Waals surface area contributed by atoms with Crippen LogP contribution in [0.5, 0.6) is 0 Å². The predicted octanol–water partition coefficient (Wildman–Crippen LogP) is 3.57. The summed E-state index contributed by atoms with van der Waals surface area (Å²) in [5.41, 5.74) is 2.55. The molecule has 0 saturated heterocycles. The Labute approximate surface area is 267 Å². The van der Waals surface area contributed by atoms with Crippen LogP contribution in [0.4, 0.5) is 0 Å². The summed E-state index contributed by atoms with van der Waals surface area (Å²) in [7, 11) is -13.0. The van der Waals surface area contributed by atoms with Crippen molar-refractivity contribution < 1.29 is 38.9 Å². The number of nitrogens with one attached hydrogen (secondary N) is 1. The van der Waals surface area contributed by atoms with Gasteiger partial charge in [0.25, 0.3) is 30.2 Å². The number of hydrogen-bond donors (Lipinski definition) is 1. The number of hydrogen-bond acceptors (Lipinski definition) is 10. The molecule has 11 nitrogen and oxygen atoms in total. The summed E-state index contributed by atoms with van der Waals surface area (Å²) in [5.74, 6) is 0. The third-order valence-electron chi connectivity index (χ3n) is 6.53. The predicted molar refractivity (Wildman–Crippen MR) is 171 cm³/mol. The molecule has 3 aromatic carbocycles. The molecule has 0 aliphatic rings. The number of nitrogens with zero attached hydrogens (tertiary/aromatic N) is 1. The molecule has 3 aromatic rings. The SMILES string of the molecule is C=CCOCC(CN(S(=O)(=O)c1ccc(C)cc1)S(=O)(=O)c1ccc(C)cc1)OCCNCCOS(=O)(=O)c1ccc(C)cc1. The Kier molecular flexibility index (Phi) is 13.4. The maximum atomic E-state index is 13.8. The number of benzene rings is 3. The van der Waals surface area contributed by atoms with Crippen molar-refractivity contribution >= 4 is 30.2 Å². The molecule has 0 aromatic heterocycles. The van der Waals surface area contributed by atoms with Crippen LogP contribution < -0.4 is 5.32 Å². The van der Waals surface area contributed by atoms with Crippen molar-refractivity contribution in [2.24, 2.45) is 0 Å². The lowest BCUT2D eigenvalue weighted by atomic mass is 10.2. The highest BCUT2D eigenvalue weighted by atomic mass is 32.3. The molecule has 0 bridgehead atoms.